The maximum atomic E-state index is 12.1. The van der Waals surface area contributed by atoms with E-state index in [2.05, 4.69) is 5.32 Å². The van der Waals surface area contributed by atoms with Gasteiger partial charge in [-0.2, -0.15) is 0 Å². The molecule has 0 unspecified atom stereocenters. The van der Waals surface area contributed by atoms with E-state index in [0.29, 0.717) is 22.7 Å². The van der Waals surface area contributed by atoms with Crippen LogP contribution < -0.4 is 5.32 Å². The first-order valence-electron chi connectivity index (χ1n) is 6.51. The zero-order chi connectivity index (χ0) is 15.4. The lowest BCUT2D eigenvalue weighted by Crippen LogP contribution is -2.22. The minimum atomic E-state index is -0.0755. The maximum absolute atomic E-state index is 12.1. The van der Waals surface area contributed by atoms with Crippen molar-refractivity contribution in [3.63, 3.8) is 0 Å². The fraction of sp³-hybridized carbons (Fsp3) is 0.188. The van der Waals surface area contributed by atoms with E-state index in [9.17, 15) is 9.90 Å². The summed E-state index contributed by atoms with van der Waals surface area (Å²) in [5.41, 5.74) is 1.98. The quantitative estimate of drug-likeness (QED) is 0.910. The van der Waals surface area contributed by atoms with Crippen molar-refractivity contribution in [3.05, 3.63) is 58.6 Å². The lowest BCUT2D eigenvalue weighted by Gasteiger charge is -2.15. The first kappa shape index (κ1) is 15.2. The topological polar surface area (TPSA) is 52.6 Å². The number of halogens is 1. The number of anilines is 1. The Labute approximate surface area is 129 Å². The van der Waals surface area contributed by atoms with Crippen LogP contribution in [0.25, 0.3) is 0 Å². The van der Waals surface area contributed by atoms with Crippen LogP contribution in [0.2, 0.25) is 5.02 Å². The molecule has 2 aromatic rings. The van der Waals surface area contributed by atoms with E-state index in [1.54, 1.807) is 38.4 Å². The molecule has 110 valence electrons. The molecule has 0 aliphatic carbocycles. The maximum Gasteiger partial charge on any atom is 0.255 e. The van der Waals surface area contributed by atoms with Crippen LogP contribution in [0.3, 0.4) is 0 Å². The van der Waals surface area contributed by atoms with Gasteiger partial charge in [-0.25, -0.2) is 0 Å². The smallest absolute Gasteiger partial charge is 0.255 e. The van der Waals surface area contributed by atoms with Gasteiger partial charge in [-0.05, 0) is 30.3 Å². The highest BCUT2D eigenvalue weighted by atomic mass is 35.5. The molecule has 0 saturated heterocycles. The second-order valence-corrected chi connectivity index (χ2v) is 5.31. The number of nitrogens with one attached hydrogen (secondary N) is 1. The largest absolute Gasteiger partial charge is 0.508 e. The molecule has 2 N–H and O–H groups in total. The molecule has 0 aliphatic rings. The van der Waals surface area contributed by atoms with Crippen LogP contribution >= 0.6 is 11.6 Å². The fourth-order valence-corrected chi connectivity index (χ4v) is 2.15. The van der Waals surface area contributed by atoms with Crippen LogP contribution in [-0.4, -0.2) is 30.0 Å². The first-order chi connectivity index (χ1) is 9.99. The van der Waals surface area contributed by atoms with Gasteiger partial charge >= 0.3 is 0 Å². The number of hydrogen-bond acceptors (Lipinski definition) is 3. The SMILES string of the molecule is CN(C)C(=O)c1ccccc1NCc1cc(Cl)ccc1O. The molecule has 0 spiro atoms. The molecule has 2 rings (SSSR count). The molecule has 1 amide bonds. The third-order valence-electron chi connectivity index (χ3n) is 3.07. The number of aromatic hydroxyl groups is 1. The zero-order valence-corrected chi connectivity index (χ0v) is 12.7. The van der Waals surface area contributed by atoms with Crippen molar-refractivity contribution in [2.24, 2.45) is 0 Å². The van der Waals surface area contributed by atoms with Gasteiger partial charge in [0.1, 0.15) is 5.75 Å². The average Bonchev–Trinajstić information content (AvgIpc) is 2.47. The van der Waals surface area contributed by atoms with Crippen molar-refractivity contribution < 1.29 is 9.90 Å². The summed E-state index contributed by atoms with van der Waals surface area (Å²) in [6, 6.07) is 12.1. The Morgan fingerprint density at radius 3 is 2.67 bits per heavy atom. The van der Waals surface area contributed by atoms with Crippen LogP contribution in [0.15, 0.2) is 42.5 Å². The Hall–Kier alpha value is -2.20. The molecule has 2 aromatic carbocycles. The Bertz CT molecular complexity index is 656. The number of carbonyl (C=O) groups is 1. The van der Waals surface area contributed by atoms with Crippen LogP contribution in [0.4, 0.5) is 5.69 Å². The number of carbonyl (C=O) groups excluding carboxylic acids is 1. The number of hydrogen-bond donors (Lipinski definition) is 2. The molecule has 4 nitrogen and oxygen atoms in total. The van der Waals surface area contributed by atoms with Gasteiger partial charge in [0.15, 0.2) is 0 Å². The van der Waals surface area contributed by atoms with Crippen molar-refractivity contribution in [2.45, 2.75) is 6.54 Å². The molecule has 0 bridgehead atoms. The van der Waals surface area contributed by atoms with Gasteiger partial charge in [-0.1, -0.05) is 23.7 Å². The molecular weight excluding hydrogens is 288 g/mol. The summed E-state index contributed by atoms with van der Waals surface area (Å²) in [7, 11) is 3.42. The molecule has 5 heteroatoms. The summed E-state index contributed by atoms with van der Waals surface area (Å²) in [5, 5.41) is 13.5. The van der Waals surface area contributed by atoms with Crippen LogP contribution in [0.5, 0.6) is 5.75 Å². The van der Waals surface area contributed by atoms with E-state index in [1.165, 1.54) is 4.90 Å². The number of phenolic OH excluding ortho intramolecular Hbond substituents is 1. The van der Waals surface area contributed by atoms with Crippen molar-refractivity contribution in [1.29, 1.82) is 0 Å². The number of amides is 1. The normalized spacial score (nSPS) is 10.2. The van der Waals surface area contributed by atoms with E-state index in [4.69, 9.17) is 11.6 Å². The van der Waals surface area contributed by atoms with E-state index in [1.807, 2.05) is 18.2 Å². The van der Waals surface area contributed by atoms with Crippen LogP contribution in [-0.2, 0) is 6.54 Å². The second kappa shape index (κ2) is 6.50. The Kier molecular flexibility index (Phi) is 4.70. The lowest BCUT2D eigenvalue weighted by molar-refractivity contribution is 0.0828. The highest BCUT2D eigenvalue weighted by Gasteiger charge is 2.12. The molecular formula is C16H17ClN2O2. The Morgan fingerprint density at radius 1 is 1.24 bits per heavy atom. The highest BCUT2D eigenvalue weighted by molar-refractivity contribution is 6.30. The van der Waals surface area contributed by atoms with Gasteiger partial charge in [0, 0.05) is 36.9 Å². The van der Waals surface area contributed by atoms with Gasteiger partial charge < -0.3 is 15.3 Å². The second-order valence-electron chi connectivity index (χ2n) is 4.87. The monoisotopic (exact) mass is 304 g/mol. The summed E-state index contributed by atoms with van der Waals surface area (Å²) < 4.78 is 0. The molecule has 21 heavy (non-hydrogen) atoms. The molecule has 0 aliphatic heterocycles. The lowest BCUT2D eigenvalue weighted by atomic mass is 10.1. The van der Waals surface area contributed by atoms with Crippen LogP contribution in [0, 0.1) is 0 Å². The standard InChI is InChI=1S/C16H17ClN2O2/c1-19(2)16(21)13-5-3-4-6-14(13)18-10-11-9-12(17)7-8-15(11)20/h3-9,18,20H,10H2,1-2H3. The van der Waals surface area contributed by atoms with Gasteiger partial charge in [-0.3, -0.25) is 4.79 Å². The van der Waals surface area contributed by atoms with Crippen molar-refractivity contribution in [2.75, 3.05) is 19.4 Å². The van der Waals surface area contributed by atoms with E-state index < -0.39 is 0 Å². The molecule has 0 heterocycles. The fourth-order valence-electron chi connectivity index (χ4n) is 1.95. The summed E-state index contributed by atoms with van der Waals surface area (Å²) in [6.07, 6.45) is 0. The summed E-state index contributed by atoms with van der Waals surface area (Å²) in [4.78, 5) is 13.6. The molecule has 0 saturated carbocycles. The number of benzene rings is 2. The highest BCUT2D eigenvalue weighted by Crippen LogP contribution is 2.24. The van der Waals surface area contributed by atoms with Gasteiger partial charge in [0.25, 0.3) is 5.91 Å². The average molecular weight is 305 g/mol. The zero-order valence-electron chi connectivity index (χ0n) is 11.9. The number of para-hydroxylation sites is 1. The minimum absolute atomic E-state index is 0.0755. The van der Waals surface area contributed by atoms with E-state index in [0.717, 1.165) is 5.69 Å². The van der Waals surface area contributed by atoms with Gasteiger partial charge in [0.05, 0.1) is 5.56 Å². The predicted octanol–water partition coefficient (Wildman–Crippen LogP) is 3.36. The first-order valence-corrected chi connectivity index (χ1v) is 6.89. The summed E-state index contributed by atoms with van der Waals surface area (Å²) in [5.74, 6) is 0.0942. The van der Waals surface area contributed by atoms with Gasteiger partial charge in [0.2, 0.25) is 0 Å². The molecule has 0 radical (unpaired) electrons. The Morgan fingerprint density at radius 2 is 1.95 bits per heavy atom. The van der Waals surface area contributed by atoms with Gasteiger partial charge in [-0.15, -0.1) is 0 Å². The predicted molar refractivity (Wildman–Crippen MR) is 84.9 cm³/mol. The van der Waals surface area contributed by atoms with E-state index in [-0.39, 0.29) is 11.7 Å². The number of nitrogens with zero attached hydrogens (tertiary/aromatic N) is 1. The molecule has 0 fully saturated rings. The molecule has 0 aromatic heterocycles. The number of phenols is 1. The minimum Gasteiger partial charge on any atom is -0.508 e. The van der Waals surface area contributed by atoms with Crippen molar-refractivity contribution >= 4 is 23.2 Å². The summed E-state index contributed by atoms with van der Waals surface area (Å²) >= 11 is 5.92. The number of rotatable bonds is 4. The molecule has 0 atom stereocenters. The van der Waals surface area contributed by atoms with Crippen LogP contribution in [0.1, 0.15) is 15.9 Å². The third-order valence-corrected chi connectivity index (χ3v) is 3.31. The summed E-state index contributed by atoms with van der Waals surface area (Å²) in [6.45, 7) is 0.379. The van der Waals surface area contributed by atoms with Crippen molar-refractivity contribution in [3.8, 4) is 5.75 Å². The van der Waals surface area contributed by atoms with E-state index >= 15 is 0 Å². The van der Waals surface area contributed by atoms with Crippen molar-refractivity contribution in [1.82, 2.24) is 4.90 Å². The Balaban J connectivity index is 2.21. The third kappa shape index (κ3) is 3.67.